The number of nitrogens with zero attached hydrogens (tertiary/aromatic N) is 3. The van der Waals surface area contributed by atoms with E-state index in [-0.39, 0.29) is 18.2 Å². The van der Waals surface area contributed by atoms with E-state index in [1.807, 2.05) is 31.2 Å². The Morgan fingerprint density at radius 3 is 2.20 bits per heavy atom. The van der Waals surface area contributed by atoms with Crippen LogP contribution in [0, 0.1) is 6.92 Å². The molecular formula is C29H27F6N3O3. The minimum absolute atomic E-state index is 0.0518. The van der Waals surface area contributed by atoms with Crippen molar-refractivity contribution in [3.63, 3.8) is 0 Å². The number of hydrogen-bond acceptors (Lipinski definition) is 5. The van der Waals surface area contributed by atoms with Crippen molar-refractivity contribution in [3.8, 4) is 16.9 Å². The first-order valence-corrected chi connectivity index (χ1v) is 12.9. The highest BCUT2D eigenvalue weighted by molar-refractivity contribution is 5.78. The standard InChI is InChI=1S/C29H27F6N3O3/c1-16-11-24(37-9-6-10-37)36-22(25(16)21-7-4-5-8-23(21)40-3)15-38-17(2)26(41-27(38)39)18-12-19(28(30,31)32)14-20(13-18)29(33,34)35/h4-5,7-8,11-14,17,26H,6,9-10,15H2,1-3H3/t17-,26?/m0/s1. The summed E-state index contributed by atoms with van der Waals surface area (Å²) < 4.78 is 91.9. The second kappa shape index (κ2) is 10.5. The van der Waals surface area contributed by atoms with Gasteiger partial charge >= 0.3 is 18.4 Å². The molecule has 12 heteroatoms. The monoisotopic (exact) mass is 579 g/mol. The number of para-hydroxylation sites is 1. The van der Waals surface area contributed by atoms with Gasteiger partial charge in [0.2, 0.25) is 0 Å². The molecule has 3 aromatic rings. The van der Waals surface area contributed by atoms with E-state index in [1.54, 1.807) is 6.07 Å². The van der Waals surface area contributed by atoms with Gasteiger partial charge < -0.3 is 14.4 Å². The molecule has 1 amide bonds. The molecule has 2 aliphatic heterocycles. The number of cyclic esters (lactones) is 1. The summed E-state index contributed by atoms with van der Waals surface area (Å²) in [4.78, 5) is 21.3. The van der Waals surface area contributed by atoms with Crippen LogP contribution in [0.2, 0.25) is 0 Å². The first kappa shape index (κ1) is 28.6. The third kappa shape index (κ3) is 5.51. The highest BCUT2D eigenvalue weighted by Crippen LogP contribution is 2.42. The number of benzene rings is 2. The number of pyridine rings is 1. The molecule has 0 radical (unpaired) electrons. The van der Waals surface area contributed by atoms with Gasteiger partial charge in [-0.15, -0.1) is 0 Å². The summed E-state index contributed by atoms with van der Waals surface area (Å²) in [6.45, 7) is 4.99. The number of aromatic nitrogens is 1. The van der Waals surface area contributed by atoms with Crippen molar-refractivity contribution in [1.29, 1.82) is 0 Å². The summed E-state index contributed by atoms with van der Waals surface area (Å²) in [6.07, 6.45) is -11.3. The quantitative estimate of drug-likeness (QED) is 0.285. The largest absolute Gasteiger partial charge is 0.496 e. The molecule has 1 aromatic heterocycles. The van der Waals surface area contributed by atoms with Crippen LogP contribution < -0.4 is 9.64 Å². The van der Waals surface area contributed by atoms with Crippen LogP contribution in [0.4, 0.5) is 37.0 Å². The van der Waals surface area contributed by atoms with E-state index >= 15 is 0 Å². The van der Waals surface area contributed by atoms with E-state index in [2.05, 4.69) is 4.90 Å². The number of rotatable bonds is 6. The molecule has 2 fully saturated rings. The van der Waals surface area contributed by atoms with Crippen LogP contribution in [0.15, 0.2) is 48.5 Å². The molecule has 2 aromatic carbocycles. The molecular weight excluding hydrogens is 552 g/mol. The maximum atomic E-state index is 13.5. The van der Waals surface area contributed by atoms with Gasteiger partial charge in [-0.25, -0.2) is 9.78 Å². The van der Waals surface area contributed by atoms with Gasteiger partial charge in [0, 0.05) is 24.2 Å². The van der Waals surface area contributed by atoms with Crippen LogP contribution in [-0.4, -0.2) is 42.2 Å². The van der Waals surface area contributed by atoms with Crippen LogP contribution in [-0.2, 0) is 23.6 Å². The zero-order valence-corrected chi connectivity index (χ0v) is 22.4. The summed E-state index contributed by atoms with van der Waals surface area (Å²) in [5.74, 6) is 1.29. The molecule has 3 heterocycles. The van der Waals surface area contributed by atoms with Crippen molar-refractivity contribution < 1.29 is 40.6 Å². The zero-order chi connectivity index (χ0) is 29.7. The SMILES string of the molecule is COc1ccccc1-c1c(C)cc(N2CCC2)nc1CN1C(=O)OC(c2cc(C(F)(F)F)cc(C(F)(F)F)c2)[C@@H]1C. The predicted molar refractivity (Wildman–Crippen MR) is 138 cm³/mol. The third-order valence-electron chi connectivity index (χ3n) is 7.49. The molecule has 6 nitrogen and oxygen atoms in total. The van der Waals surface area contributed by atoms with E-state index < -0.39 is 41.7 Å². The second-order valence-electron chi connectivity index (χ2n) is 10.2. The average molecular weight is 580 g/mol. The van der Waals surface area contributed by atoms with E-state index in [1.165, 1.54) is 18.9 Å². The summed E-state index contributed by atoms with van der Waals surface area (Å²) in [7, 11) is 1.53. The highest BCUT2D eigenvalue weighted by atomic mass is 19.4. The third-order valence-corrected chi connectivity index (χ3v) is 7.49. The van der Waals surface area contributed by atoms with E-state index in [0.717, 1.165) is 30.6 Å². The summed E-state index contributed by atoms with van der Waals surface area (Å²) in [5, 5.41) is 0. The van der Waals surface area contributed by atoms with E-state index in [9.17, 15) is 31.1 Å². The number of alkyl halides is 6. The number of hydrogen-bond donors (Lipinski definition) is 0. The lowest BCUT2D eigenvalue weighted by atomic mass is 9.95. The number of amides is 1. The fourth-order valence-electron chi connectivity index (χ4n) is 5.22. The fourth-order valence-corrected chi connectivity index (χ4v) is 5.22. The molecule has 2 aliphatic rings. The van der Waals surface area contributed by atoms with Crippen molar-refractivity contribution in [2.45, 2.75) is 51.3 Å². The topological polar surface area (TPSA) is 54.9 Å². The molecule has 1 unspecified atom stereocenters. The number of carbonyl (C=O) groups is 1. The van der Waals surface area contributed by atoms with Crippen LogP contribution in [0.3, 0.4) is 0 Å². The van der Waals surface area contributed by atoms with Crippen LogP contribution in [0.1, 0.15) is 47.4 Å². The van der Waals surface area contributed by atoms with Gasteiger partial charge in [0.05, 0.1) is 36.5 Å². The van der Waals surface area contributed by atoms with Crippen LogP contribution in [0.25, 0.3) is 11.1 Å². The van der Waals surface area contributed by atoms with Gasteiger partial charge in [-0.1, -0.05) is 18.2 Å². The second-order valence-corrected chi connectivity index (χ2v) is 10.2. The van der Waals surface area contributed by atoms with Gasteiger partial charge in [0.1, 0.15) is 17.7 Å². The molecule has 0 N–H and O–H groups in total. The number of anilines is 1. The summed E-state index contributed by atoms with van der Waals surface area (Å²) in [5.41, 5.74) is -0.516. The maximum absolute atomic E-state index is 13.5. The number of carbonyl (C=O) groups excluding carboxylic acids is 1. The molecule has 2 atom stereocenters. The number of aryl methyl sites for hydroxylation is 1. The van der Waals surface area contributed by atoms with E-state index in [0.29, 0.717) is 35.0 Å². The Morgan fingerprint density at radius 2 is 1.63 bits per heavy atom. The Labute approximate surface area is 232 Å². The summed E-state index contributed by atoms with van der Waals surface area (Å²) >= 11 is 0. The molecule has 218 valence electrons. The van der Waals surface area contributed by atoms with Gasteiger partial charge in [-0.05, 0) is 61.7 Å². The summed E-state index contributed by atoms with van der Waals surface area (Å²) in [6, 6.07) is 9.58. The van der Waals surface area contributed by atoms with Crippen LogP contribution >= 0.6 is 0 Å². The van der Waals surface area contributed by atoms with Gasteiger partial charge in [-0.2, -0.15) is 26.3 Å². The molecule has 0 bridgehead atoms. The molecule has 0 spiro atoms. The first-order chi connectivity index (χ1) is 19.3. The van der Waals surface area contributed by atoms with Crippen LogP contribution in [0.5, 0.6) is 5.75 Å². The average Bonchev–Trinajstić information content (AvgIpc) is 3.15. The lowest BCUT2D eigenvalue weighted by Gasteiger charge is -2.33. The Morgan fingerprint density at radius 1 is 1.00 bits per heavy atom. The number of methoxy groups -OCH3 is 1. The Bertz CT molecular complexity index is 1440. The minimum Gasteiger partial charge on any atom is -0.496 e. The zero-order valence-electron chi connectivity index (χ0n) is 22.4. The van der Waals surface area contributed by atoms with Crippen molar-refractivity contribution in [2.24, 2.45) is 0 Å². The lowest BCUT2D eigenvalue weighted by molar-refractivity contribution is -0.143. The van der Waals surface area contributed by atoms with Gasteiger partial charge in [-0.3, -0.25) is 4.90 Å². The first-order valence-electron chi connectivity index (χ1n) is 12.9. The fraction of sp³-hybridized carbons (Fsp3) is 0.379. The van der Waals surface area contributed by atoms with Gasteiger partial charge in [0.15, 0.2) is 0 Å². The number of ether oxygens (including phenoxy) is 2. The molecule has 0 aliphatic carbocycles. The van der Waals surface area contributed by atoms with Crippen molar-refractivity contribution in [1.82, 2.24) is 9.88 Å². The van der Waals surface area contributed by atoms with Crippen molar-refractivity contribution >= 4 is 11.9 Å². The predicted octanol–water partition coefficient (Wildman–Crippen LogP) is 7.40. The lowest BCUT2D eigenvalue weighted by Crippen LogP contribution is -2.38. The molecule has 0 saturated carbocycles. The Balaban J connectivity index is 1.55. The van der Waals surface area contributed by atoms with E-state index in [4.69, 9.17) is 14.5 Å². The highest BCUT2D eigenvalue weighted by Gasteiger charge is 2.43. The molecule has 2 saturated heterocycles. The minimum atomic E-state index is -5.02. The van der Waals surface area contributed by atoms with Crippen molar-refractivity contribution in [2.75, 3.05) is 25.1 Å². The maximum Gasteiger partial charge on any atom is 0.416 e. The number of halogens is 6. The smallest absolute Gasteiger partial charge is 0.416 e. The Kier molecular flexibility index (Phi) is 7.29. The Hall–Kier alpha value is -3.96. The van der Waals surface area contributed by atoms with Gasteiger partial charge in [0.25, 0.3) is 0 Å². The molecule has 41 heavy (non-hydrogen) atoms. The molecule has 5 rings (SSSR count). The normalized spacial score (nSPS) is 19.3. The van der Waals surface area contributed by atoms with Crippen molar-refractivity contribution in [3.05, 3.63) is 76.5 Å².